The van der Waals surface area contributed by atoms with Crippen LogP contribution in [0.25, 0.3) is 0 Å². The zero-order valence-corrected chi connectivity index (χ0v) is 13.4. The number of ether oxygens (including phenoxy) is 1. The first-order chi connectivity index (χ1) is 9.28. The molecule has 116 valence electrons. The van der Waals surface area contributed by atoms with Gasteiger partial charge in [0.25, 0.3) is 0 Å². The summed E-state index contributed by atoms with van der Waals surface area (Å²) in [6.07, 6.45) is 2.14. The van der Waals surface area contributed by atoms with E-state index in [9.17, 15) is 9.59 Å². The van der Waals surface area contributed by atoms with Crippen LogP contribution in [0.3, 0.4) is 0 Å². The number of carbonyl (C=O) groups is 2. The minimum absolute atomic E-state index is 0.0562. The van der Waals surface area contributed by atoms with Gasteiger partial charge in [0.1, 0.15) is 5.41 Å². The lowest BCUT2D eigenvalue weighted by molar-refractivity contribution is -0.158. The van der Waals surface area contributed by atoms with Crippen LogP contribution in [0.2, 0.25) is 0 Å². The zero-order chi connectivity index (χ0) is 15.3. The SMILES string of the molecule is CCOC(=O)C(C)(C)C(=O)CN1CCC(N(C)C)CC1. The lowest BCUT2D eigenvalue weighted by Gasteiger charge is -2.35. The first kappa shape index (κ1) is 17.1. The minimum atomic E-state index is -1.05. The number of rotatable bonds is 6. The fourth-order valence-corrected chi connectivity index (χ4v) is 2.42. The minimum Gasteiger partial charge on any atom is -0.465 e. The third kappa shape index (κ3) is 4.28. The van der Waals surface area contributed by atoms with Gasteiger partial charge in [-0.1, -0.05) is 0 Å². The largest absolute Gasteiger partial charge is 0.465 e. The van der Waals surface area contributed by atoms with Gasteiger partial charge in [-0.15, -0.1) is 0 Å². The van der Waals surface area contributed by atoms with Crippen LogP contribution < -0.4 is 0 Å². The standard InChI is InChI=1S/C15H28N2O3/c1-6-20-14(19)15(2,3)13(18)11-17-9-7-12(8-10-17)16(4)5/h12H,6-11H2,1-5H3. The summed E-state index contributed by atoms with van der Waals surface area (Å²) >= 11 is 0. The average molecular weight is 284 g/mol. The predicted octanol–water partition coefficient (Wildman–Crippen LogP) is 1.17. The van der Waals surface area contributed by atoms with E-state index in [1.54, 1.807) is 20.8 Å². The van der Waals surface area contributed by atoms with Gasteiger partial charge in [0, 0.05) is 19.1 Å². The predicted molar refractivity (Wildman–Crippen MR) is 78.6 cm³/mol. The Bertz CT molecular complexity index is 345. The van der Waals surface area contributed by atoms with Crippen LogP contribution in [0.5, 0.6) is 0 Å². The molecule has 0 saturated carbocycles. The van der Waals surface area contributed by atoms with Crippen LogP contribution in [0.4, 0.5) is 0 Å². The van der Waals surface area contributed by atoms with E-state index >= 15 is 0 Å². The van der Waals surface area contributed by atoms with Gasteiger partial charge in [0.05, 0.1) is 13.2 Å². The van der Waals surface area contributed by atoms with Crippen LogP contribution in [-0.4, -0.2) is 67.9 Å². The summed E-state index contributed by atoms with van der Waals surface area (Å²) < 4.78 is 4.98. The summed E-state index contributed by atoms with van der Waals surface area (Å²) in [4.78, 5) is 28.5. The maximum atomic E-state index is 12.3. The summed E-state index contributed by atoms with van der Waals surface area (Å²) in [5.74, 6) is -0.479. The summed E-state index contributed by atoms with van der Waals surface area (Å²) in [7, 11) is 4.19. The molecule has 5 nitrogen and oxygen atoms in total. The Labute approximate surface area is 122 Å². The van der Waals surface area contributed by atoms with Gasteiger partial charge in [-0.25, -0.2) is 0 Å². The average Bonchev–Trinajstić information content (AvgIpc) is 2.39. The fraction of sp³-hybridized carbons (Fsp3) is 0.867. The van der Waals surface area contributed by atoms with Gasteiger partial charge >= 0.3 is 5.97 Å². The maximum Gasteiger partial charge on any atom is 0.319 e. The Hall–Kier alpha value is -0.940. The molecule has 0 unspecified atom stereocenters. The highest BCUT2D eigenvalue weighted by Crippen LogP contribution is 2.21. The molecule has 1 rings (SSSR count). The van der Waals surface area contributed by atoms with E-state index in [0.717, 1.165) is 25.9 Å². The van der Waals surface area contributed by atoms with E-state index in [1.807, 2.05) is 0 Å². The molecular formula is C15H28N2O3. The third-order valence-electron chi connectivity index (χ3n) is 4.14. The number of esters is 1. The Kier molecular flexibility index (Phi) is 6.14. The molecule has 0 aromatic carbocycles. The second-order valence-corrected chi connectivity index (χ2v) is 6.24. The van der Waals surface area contributed by atoms with Crippen molar-refractivity contribution in [1.29, 1.82) is 0 Å². The van der Waals surface area contributed by atoms with E-state index in [0.29, 0.717) is 19.2 Å². The van der Waals surface area contributed by atoms with Crippen molar-refractivity contribution >= 4 is 11.8 Å². The zero-order valence-electron chi connectivity index (χ0n) is 13.4. The van der Waals surface area contributed by atoms with Gasteiger partial charge in [-0.3, -0.25) is 14.5 Å². The van der Waals surface area contributed by atoms with E-state index in [-0.39, 0.29) is 5.78 Å². The first-order valence-electron chi connectivity index (χ1n) is 7.38. The summed E-state index contributed by atoms with van der Waals surface area (Å²) in [6, 6.07) is 0.597. The molecule has 0 spiro atoms. The molecule has 0 atom stereocenters. The van der Waals surface area contributed by atoms with E-state index in [1.165, 1.54) is 0 Å². The number of hydrogen-bond acceptors (Lipinski definition) is 5. The third-order valence-corrected chi connectivity index (χ3v) is 4.14. The summed E-state index contributed by atoms with van der Waals surface area (Å²) in [5.41, 5.74) is -1.05. The Morgan fingerprint density at radius 1 is 1.25 bits per heavy atom. The molecule has 1 aliphatic rings. The van der Waals surface area contributed by atoms with Gasteiger partial charge in [0.2, 0.25) is 0 Å². The molecule has 1 fully saturated rings. The van der Waals surface area contributed by atoms with Crippen molar-refractivity contribution in [3.63, 3.8) is 0 Å². The smallest absolute Gasteiger partial charge is 0.319 e. The highest BCUT2D eigenvalue weighted by molar-refractivity contribution is 6.03. The number of nitrogens with zero attached hydrogens (tertiary/aromatic N) is 2. The molecule has 0 aromatic rings. The molecule has 5 heteroatoms. The fourth-order valence-electron chi connectivity index (χ4n) is 2.42. The van der Waals surface area contributed by atoms with Gasteiger partial charge in [-0.05, 0) is 47.7 Å². The van der Waals surface area contributed by atoms with Crippen molar-refractivity contribution in [1.82, 2.24) is 9.80 Å². The van der Waals surface area contributed by atoms with Crippen molar-refractivity contribution in [2.45, 2.75) is 39.7 Å². The normalized spacial score (nSPS) is 18.3. The van der Waals surface area contributed by atoms with Crippen molar-refractivity contribution in [3.8, 4) is 0 Å². The Morgan fingerprint density at radius 3 is 2.25 bits per heavy atom. The van der Waals surface area contributed by atoms with Crippen molar-refractivity contribution in [3.05, 3.63) is 0 Å². The number of likely N-dealkylation sites (tertiary alicyclic amines) is 1. The molecular weight excluding hydrogens is 256 g/mol. The molecule has 1 saturated heterocycles. The lowest BCUT2D eigenvalue weighted by Crippen LogP contribution is -2.47. The number of carbonyl (C=O) groups excluding carboxylic acids is 2. The Balaban J connectivity index is 2.49. The molecule has 0 amide bonds. The molecule has 1 aliphatic heterocycles. The van der Waals surface area contributed by atoms with Crippen molar-refractivity contribution in [2.75, 3.05) is 40.3 Å². The monoisotopic (exact) mass is 284 g/mol. The number of piperidine rings is 1. The van der Waals surface area contributed by atoms with Crippen molar-refractivity contribution in [2.24, 2.45) is 5.41 Å². The van der Waals surface area contributed by atoms with Crippen molar-refractivity contribution < 1.29 is 14.3 Å². The van der Waals surface area contributed by atoms with Crippen LogP contribution in [0.1, 0.15) is 33.6 Å². The van der Waals surface area contributed by atoms with E-state index < -0.39 is 11.4 Å². The highest BCUT2D eigenvalue weighted by atomic mass is 16.5. The molecule has 0 N–H and O–H groups in total. The molecule has 1 heterocycles. The molecule has 0 aliphatic carbocycles. The molecule has 0 radical (unpaired) electrons. The van der Waals surface area contributed by atoms with Crippen LogP contribution >= 0.6 is 0 Å². The van der Waals surface area contributed by atoms with Gasteiger partial charge < -0.3 is 9.64 Å². The van der Waals surface area contributed by atoms with E-state index in [4.69, 9.17) is 4.74 Å². The number of ketones is 1. The van der Waals surface area contributed by atoms with Crippen LogP contribution in [-0.2, 0) is 14.3 Å². The maximum absolute atomic E-state index is 12.3. The van der Waals surface area contributed by atoms with Gasteiger partial charge in [-0.2, -0.15) is 0 Å². The second-order valence-electron chi connectivity index (χ2n) is 6.24. The molecule has 0 bridgehead atoms. The lowest BCUT2D eigenvalue weighted by atomic mass is 9.87. The highest BCUT2D eigenvalue weighted by Gasteiger charge is 2.38. The Morgan fingerprint density at radius 2 is 1.80 bits per heavy atom. The van der Waals surface area contributed by atoms with E-state index in [2.05, 4.69) is 23.9 Å². The van der Waals surface area contributed by atoms with Gasteiger partial charge in [0.15, 0.2) is 5.78 Å². The molecule has 0 aromatic heterocycles. The van der Waals surface area contributed by atoms with Crippen LogP contribution in [0.15, 0.2) is 0 Å². The first-order valence-corrected chi connectivity index (χ1v) is 7.38. The number of hydrogen-bond donors (Lipinski definition) is 0. The molecule has 20 heavy (non-hydrogen) atoms. The topological polar surface area (TPSA) is 49.9 Å². The summed E-state index contributed by atoms with van der Waals surface area (Å²) in [5, 5.41) is 0. The number of Topliss-reactive ketones (excluding diaryl/α,β-unsaturated/α-hetero) is 1. The second kappa shape index (κ2) is 7.18. The summed E-state index contributed by atoms with van der Waals surface area (Å²) in [6.45, 7) is 7.53. The van der Waals surface area contributed by atoms with Crippen LogP contribution in [0, 0.1) is 5.41 Å². The quantitative estimate of drug-likeness (QED) is 0.541.